The molecule has 0 heterocycles. The van der Waals surface area contributed by atoms with Gasteiger partial charge in [-0.05, 0) is 23.8 Å². The van der Waals surface area contributed by atoms with Crippen LogP contribution in [0.5, 0.6) is 0 Å². The standard InChI is InChI=1S/C16H19NO4S/c1-11(2)10-14(16(18)19)17-22(20,21)15-9-5-7-12-6-3-4-8-13(12)15/h3-9,11,14,17H,10H2,1-2H3,(H,18,19)/t14-/m1/s1. The number of nitrogens with one attached hydrogen (secondary N) is 1. The Kier molecular flexibility index (Phi) is 4.83. The Morgan fingerprint density at radius 3 is 2.41 bits per heavy atom. The van der Waals surface area contributed by atoms with Gasteiger partial charge < -0.3 is 5.11 Å². The molecule has 2 aromatic rings. The summed E-state index contributed by atoms with van der Waals surface area (Å²) >= 11 is 0. The summed E-state index contributed by atoms with van der Waals surface area (Å²) in [6.45, 7) is 3.70. The number of hydrogen-bond acceptors (Lipinski definition) is 3. The summed E-state index contributed by atoms with van der Waals surface area (Å²) < 4.78 is 27.4. The Morgan fingerprint density at radius 1 is 1.14 bits per heavy atom. The topological polar surface area (TPSA) is 83.5 Å². The molecular formula is C16H19NO4S. The van der Waals surface area contributed by atoms with E-state index in [2.05, 4.69) is 4.72 Å². The summed E-state index contributed by atoms with van der Waals surface area (Å²) in [5.41, 5.74) is 0. The van der Waals surface area contributed by atoms with E-state index in [1.165, 1.54) is 6.07 Å². The number of carboxylic acids is 1. The van der Waals surface area contributed by atoms with Crippen molar-refractivity contribution >= 4 is 26.8 Å². The largest absolute Gasteiger partial charge is 0.480 e. The Bertz CT molecular complexity index is 778. The minimum absolute atomic E-state index is 0.0660. The SMILES string of the molecule is CC(C)C[C@@H](NS(=O)(=O)c1cccc2ccccc12)C(=O)O. The van der Waals surface area contributed by atoms with Gasteiger partial charge in [0.1, 0.15) is 6.04 Å². The molecule has 2 aromatic carbocycles. The van der Waals surface area contributed by atoms with Crippen molar-refractivity contribution in [2.75, 3.05) is 0 Å². The van der Waals surface area contributed by atoms with Crippen molar-refractivity contribution in [3.8, 4) is 0 Å². The molecule has 1 atom stereocenters. The molecule has 0 bridgehead atoms. The molecule has 2 N–H and O–H groups in total. The third kappa shape index (κ3) is 3.64. The van der Waals surface area contributed by atoms with Crippen molar-refractivity contribution in [1.82, 2.24) is 4.72 Å². The van der Waals surface area contributed by atoms with Crippen molar-refractivity contribution < 1.29 is 18.3 Å². The molecule has 0 aliphatic rings. The molecule has 0 saturated heterocycles. The van der Waals surface area contributed by atoms with E-state index in [9.17, 15) is 18.3 Å². The van der Waals surface area contributed by atoms with E-state index in [-0.39, 0.29) is 17.2 Å². The highest BCUT2D eigenvalue weighted by molar-refractivity contribution is 7.89. The normalized spacial score (nSPS) is 13.4. The molecule has 0 unspecified atom stereocenters. The van der Waals surface area contributed by atoms with Gasteiger partial charge in [-0.3, -0.25) is 4.79 Å². The summed E-state index contributed by atoms with van der Waals surface area (Å²) in [5, 5.41) is 10.6. The number of rotatable bonds is 6. The second-order valence-electron chi connectivity index (χ2n) is 5.62. The highest BCUT2D eigenvalue weighted by atomic mass is 32.2. The Balaban J connectivity index is 2.42. The molecule has 0 aromatic heterocycles. The van der Waals surface area contributed by atoms with Gasteiger partial charge in [0.25, 0.3) is 0 Å². The van der Waals surface area contributed by atoms with Crippen LogP contribution in [0.2, 0.25) is 0 Å². The summed E-state index contributed by atoms with van der Waals surface area (Å²) in [4.78, 5) is 11.4. The van der Waals surface area contributed by atoms with Crippen molar-refractivity contribution in [1.29, 1.82) is 0 Å². The van der Waals surface area contributed by atoms with E-state index >= 15 is 0 Å². The molecule has 0 aliphatic heterocycles. The molecule has 118 valence electrons. The van der Waals surface area contributed by atoms with Crippen LogP contribution < -0.4 is 4.72 Å². The number of aliphatic carboxylic acids is 1. The average molecular weight is 321 g/mol. The smallest absolute Gasteiger partial charge is 0.321 e. The fourth-order valence-corrected chi connectivity index (χ4v) is 3.78. The highest BCUT2D eigenvalue weighted by Gasteiger charge is 2.27. The lowest BCUT2D eigenvalue weighted by molar-refractivity contribution is -0.139. The second kappa shape index (κ2) is 6.46. The Morgan fingerprint density at radius 2 is 1.77 bits per heavy atom. The second-order valence-corrected chi connectivity index (χ2v) is 7.30. The van der Waals surface area contributed by atoms with Gasteiger partial charge in [-0.2, -0.15) is 4.72 Å². The number of hydrogen-bond donors (Lipinski definition) is 2. The van der Waals surface area contributed by atoms with E-state index in [4.69, 9.17) is 0 Å². The number of fused-ring (bicyclic) bond motifs is 1. The van der Waals surface area contributed by atoms with Gasteiger partial charge >= 0.3 is 5.97 Å². The number of carboxylic acid groups (broad SMARTS) is 1. The summed E-state index contributed by atoms with van der Waals surface area (Å²) in [7, 11) is -3.91. The predicted octanol–water partition coefficient (Wildman–Crippen LogP) is 2.62. The molecule has 22 heavy (non-hydrogen) atoms. The van der Waals surface area contributed by atoms with Gasteiger partial charge in [0, 0.05) is 5.39 Å². The predicted molar refractivity (Wildman–Crippen MR) is 85.1 cm³/mol. The molecule has 2 rings (SSSR count). The summed E-state index contributed by atoms with van der Waals surface area (Å²) in [5.74, 6) is -1.10. The number of carbonyl (C=O) groups is 1. The van der Waals surface area contributed by atoms with Crippen LogP contribution in [-0.2, 0) is 14.8 Å². The lowest BCUT2D eigenvalue weighted by Gasteiger charge is -2.17. The minimum Gasteiger partial charge on any atom is -0.480 e. The zero-order valence-electron chi connectivity index (χ0n) is 12.5. The van der Waals surface area contributed by atoms with Crippen molar-refractivity contribution in [3.05, 3.63) is 42.5 Å². The minimum atomic E-state index is -3.91. The molecule has 0 aliphatic carbocycles. The van der Waals surface area contributed by atoms with Crippen LogP contribution in [0.25, 0.3) is 10.8 Å². The van der Waals surface area contributed by atoms with Crippen molar-refractivity contribution in [2.45, 2.75) is 31.2 Å². The van der Waals surface area contributed by atoms with E-state index in [0.717, 1.165) is 5.39 Å². The fraction of sp³-hybridized carbons (Fsp3) is 0.312. The van der Waals surface area contributed by atoms with Gasteiger partial charge in [-0.15, -0.1) is 0 Å². The first-order valence-corrected chi connectivity index (χ1v) is 8.52. The first-order chi connectivity index (χ1) is 10.3. The lowest BCUT2D eigenvalue weighted by atomic mass is 10.1. The number of sulfonamides is 1. The lowest BCUT2D eigenvalue weighted by Crippen LogP contribution is -2.41. The molecule has 0 spiro atoms. The maximum absolute atomic E-state index is 12.6. The molecule has 6 heteroatoms. The van der Waals surface area contributed by atoms with Gasteiger partial charge in [0.2, 0.25) is 10.0 Å². The van der Waals surface area contributed by atoms with Crippen LogP contribution >= 0.6 is 0 Å². The van der Waals surface area contributed by atoms with Crippen LogP contribution in [0, 0.1) is 5.92 Å². The monoisotopic (exact) mass is 321 g/mol. The first kappa shape index (κ1) is 16.5. The zero-order valence-corrected chi connectivity index (χ0v) is 13.3. The van der Waals surface area contributed by atoms with E-state index in [1.54, 1.807) is 18.2 Å². The molecule has 0 amide bonds. The maximum atomic E-state index is 12.6. The van der Waals surface area contributed by atoms with Gasteiger partial charge in [0.15, 0.2) is 0 Å². The molecular weight excluding hydrogens is 302 g/mol. The quantitative estimate of drug-likeness (QED) is 0.856. The van der Waals surface area contributed by atoms with Crippen LogP contribution in [0.15, 0.2) is 47.4 Å². The summed E-state index contributed by atoms with van der Waals surface area (Å²) in [6, 6.07) is 10.9. The van der Waals surface area contributed by atoms with E-state index < -0.39 is 22.0 Å². The fourth-order valence-electron chi connectivity index (χ4n) is 2.35. The third-order valence-corrected chi connectivity index (χ3v) is 4.87. The highest BCUT2D eigenvalue weighted by Crippen LogP contribution is 2.23. The molecule has 0 radical (unpaired) electrons. The third-order valence-electron chi connectivity index (χ3n) is 3.34. The van der Waals surface area contributed by atoms with Gasteiger partial charge in [-0.25, -0.2) is 8.42 Å². The molecule has 0 saturated carbocycles. The van der Waals surface area contributed by atoms with E-state index in [1.807, 2.05) is 32.0 Å². The van der Waals surface area contributed by atoms with Crippen LogP contribution in [-0.4, -0.2) is 25.5 Å². The maximum Gasteiger partial charge on any atom is 0.321 e. The summed E-state index contributed by atoms with van der Waals surface area (Å²) in [6.07, 6.45) is 0.235. The Labute approximate surface area is 130 Å². The van der Waals surface area contributed by atoms with Crippen LogP contribution in [0.3, 0.4) is 0 Å². The van der Waals surface area contributed by atoms with E-state index in [0.29, 0.717) is 5.39 Å². The van der Waals surface area contributed by atoms with Gasteiger partial charge in [0.05, 0.1) is 4.90 Å². The molecule has 0 fully saturated rings. The average Bonchev–Trinajstić information content (AvgIpc) is 2.45. The molecule has 5 nitrogen and oxygen atoms in total. The van der Waals surface area contributed by atoms with Crippen LogP contribution in [0.4, 0.5) is 0 Å². The van der Waals surface area contributed by atoms with Crippen molar-refractivity contribution in [3.63, 3.8) is 0 Å². The first-order valence-electron chi connectivity index (χ1n) is 7.04. The van der Waals surface area contributed by atoms with Crippen molar-refractivity contribution in [2.24, 2.45) is 5.92 Å². The Hall–Kier alpha value is -1.92. The zero-order chi connectivity index (χ0) is 16.3. The van der Waals surface area contributed by atoms with Crippen LogP contribution in [0.1, 0.15) is 20.3 Å². The number of benzene rings is 2. The van der Waals surface area contributed by atoms with Gasteiger partial charge in [-0.1, -0.05) is 50.2 Å².